The minimum Gasteiger partial charge on any atom is -0.417 e. The van der Waals surface area contributed by atoms with Gasteiger partial charge in [0.1, 0.15) is 11.6 Å². The number of urea groups is 1. The molecule has 0 radical (unpaired) electrons. The van der Waals surface area contributed by atoms with Crippen LogP contribution in [0.3, 0.4) is 0 Å². The van der Waals surface area contributed by atoms with E-state index in [0.29, 0.717) is 12.3 Å². The Morgan fingerprint density at radius 3 is 2.68 bits per heavy atom. The third-order valence-electron chi connectivity index (χ3n) is 4.34. The molecule has 0 aromatic rings. The Kier molecular flexibility index (Phi) is 4.75. The SMILES string of the molecule is CC(C)CCCCC1(C)OC2OC(=O)N(C(N)=O)C2CC1=O. The number of Topliss-reactive ketones (excluding diaryl/α,β-unsaturated/α-hetero) is 1. The molecule has 2 N–H and O–H groups in total. The molecule has 124 valence electrons. The van der Waals surface area contributed by atoms with E-state index < -0.39 is 30.1 Å². The van der Waals surface area contributed by atoms with Gasteiger partial charge in [-0.2, -0.15) is 0 Å². The molecule has 7 heteroatoms. The molecule has 0 saturated carbocycles. The summed E-state index contributed by atoms with van der Waals surface area (Å²) in [6.07, 6.45) is 1.83. The number of amides is 3. The van der Waals surface area contributed by atoms with Crippen LogP contribution in [0.5, 0.6) is 0 Å². The van der Waals surface area contributed by atoms with Crippen molar-refractivity contribution in [1.29, 1.82) is 0 Å². The Labute approximate surface area is 130 Å². The summed E-state index contributed by atoms with van der Waals surface area (Å²) in [6, 6.07) is -1.67. The van der Waals surface area contributed by atoms with Gasteiger partial charge in [-0.1, -0.05) is 33.1 Å². The van der Waals surface area contributed by atoms with Crippen molar-refractivity contribution in [3.05, 3.63) is 0 Å². The Hall–Kier alpha value is -1.63. The summed E-state index contributed by atoms with van der Waals surface area (Å²) < 4.78 is 10.8. The number of nitrogens with zero attached hydrogens (tertiary/aromatic N) is 1. The van der Waals surface area contributed by atoms with Crippen LogP contribution in [0, 0.1) is 5.92 Å². The summed E-state index contributed by atoms with van der Waals surface area (Å²) in [6.45, 7) is 6.04. The zero-order valence-corrected chi connectivity index (χ0v) is 13.3. The number of carbonyl (C=O) groups is 3. The van der Waals surface area contributed by atoms with Gasteiger partial charge in [0.15, 0.2) is 5.78 Å². The maximum absolute atomic E-state index is 12.4. The number of primary amides is 1. The van der Waals surface area contributed by atoms with E-state index in [1.54, 1.807) is 6.92 Å². The molecule has 0 bridgehead atoms. The van der Waals surface area contributed by atoms with Gasteiger partial charge in [-0.15, -0.1) is 0 Å². The van der Waals surface area contributed by atoms with E-state index in [9.17, 15) is 14.4 Å². The van der Waals surface area contributed by atoms with Crippen LogP contribution in [0.15, 0.2) is 0 Å². The van der Waals surface area contributed by atoms with E-state index in [1.807, 2.05) is 0 Å². The Bertz CT molecular complexity index is 479. The lowest BCUT2D eigenvalue weighted by atomic mass is 9.86. The predicted octanol–water partition coefficient (Wildman–Crippen LogP) is 2.18. The molecule has 22 heavy (non-hydrogen) atoms. The van der Waals surface area contributed by atoms with Crippen LogP contribution in [-0.4, -0.2) is 40.7 Å². The highest BCUT2D eigenvalue weighted by Gasteiger charge is 2.55. The summed E-state index contributed by atoms with van der Waals surface area (Å²) in [5.74, 6) is 0.503. The van der Waals surface area contributed by atoms with Gasteiger partial charge in [-0.25, -0.2) is 14.5 Å². The van der Waals surface area contributed by atoms with Gasteiger partial charge in [0.25, 0.3) is 0 Å². The second kappa shape index (κ2) is 6.24. The summed E-state index contributed by atoms with van der Waals surface area (Å²) in [4.78, 5) is 36.1. The average molecular weight is 312 g/mol. The molecule has 0 aromatic heterocycles. The maximum atomic E-state index is 12.4. The molecular weight excluding hydrogens is 288 g/mol. The second-order valence-electron chi connectivity index (χ2n) is 6.64. The molecule has 3 unspecified atom stereocenters. The molecule has 3 amide bonds. The number of ketones is 1. The van der Waals surface area contributed by atoms with Gasteiger partial charge in [0, 0.05) is 6.42 Å². The van der Waals surface area contributed by atoms with Crippen LogP contribution in [0.4, 0.5) is 9.59 Å². The molecule has 2 fully saturated rings. The van der Waals surface area contributed by atoms with E-state index in [0.717, 1.165) is 24.2 Å². The fraction of sp³-hybridized carbons (Fsp3) is 0.800. The van der Waals surface area contributed by atoms with Crippen LogP contribution < -0.4 is 5.73 Å². The Balaban J connectivity index is 1.99. The lowest BCUT2D eigenvalue weighted by molar-refractivity contribution is -0.203. The number of carbonyl (C=O) groups excluding carboxylic acids is 3. The fourth-order valence-electron chi connectivity index (χ4n) is 2.98. The van der Waals surface area contributed by atoms with Crippen molar-refractivity contribution in [2.75, 3.05) is 0 Å². The normalized spacial score (nSPS) is 31.4. The van der Waals surface area contributed by atoms with Crippen LogP contribution in [0.2, 0.25) is 0 Å². The zero-order chi connectivity index (χ0) is 16.5. The van der Waals surface area contributed by atoms with Crippen molar-refractivity contribution in [2.24, 2.45) is 11.7 Å². The largest absolute Gasteiger partial charge is 0.420 e. The molecule has 0 aliphatic carbocycles. The molecule has 2 saturated heterocycles. The summed E-state index contributed by atoms with van der Waals surface area (Å²) in [5.41, 5.74) is 4.19. The third kappa shape index (κ3) is 3.24. The highest BCUT2D eigenvalue weighted by Crippen LogP contribution is 2.36. The number of hydrogen-bond acceptors (Lipinski definition) is 5. The molecule has 2 rings (SSSR count). The first-order valence-electron chi connectivity index (χ1n) is 7.75. The number of rotatable bonds is 5. The number of ether oxygens (including phenoxy) is 2. The lowest BCUT2D eigenvalue weighted by Gasteiger charge is -2.38. The number of nitrogens with two attached hydrogens (primary N) is 1. The van der Waals surface area contributed by atoms with E-state index >= 15 is 0 Å². The lowest BCUT2D eigenvalue weighted by Crippen LogP contribution is -2.55. The minimum atomic E-state index is -0.966. The van der Waals surface area contributed by atoms with E-state index in [1.165, 1.54) is 0 Å². The van der Waals surface area contributed by atoms with Crippen molar-refractivity contribution in [2.45, 2.75) is 70.8 Å². The average Bonchev–Trinajstić information content (AvgIpc) is 2.70. The Morgan fingerprint density at radius 1 is 1.41 bits per heavy atom. The van der Waals surface area contributed by atoms with Crippen molar-refractivity contribution < 1.29 is 23.9 Å². The molecule has 2 aliphatic rings. The molecule has 7 nitrogen and oxygen atoms in total. The standard InChI is InChI=1S/C15H24N2O5/c1-9(2)6-4-5-7-15(3)11(18)8-10-12(22-15)21-14(20)17(10)13(16)19/h9-10,12H,4-8H2,1-3H3,(H2,16,19). The molecule has 0 spiro atoms. The third-order valence-corrected chi connectivity index (χ3v) is 4.34. The summed E-state index contributed by atoms with van der Waals surface area (Å²) >= 11 is 0. The number of imide groups is 1. The maximum Gasteiger partial charge on any atom is 0.420 e. The molecule has 2 aliphatic heterocycles. The zero-order valence-electron chi connectivity index (χ0n) is 13.3. The first-order chi connectivity index (χ1) is 10.2. The minimum absolute atomic E-state index is 0.0278. The van der Waals surface area contributed by atoms with Gasteiger partial charge in [0.2, 0.25) is 6.29 Å². The molecule has 0 aromatic carbocycles. The number of fused-ring (bicyclic) bond motifs is 1. The Morgan fingerprint density at radius 2 is 2.09 bits per heavy atom. The van der Waals surface area contributed by atoms with Crippen LogP contribution >= 0.6 is 0 Å². The predicted molar refractivity (Wildman–Crippen MR) is 77.9 cm³/mol. The molecular formula is C15H24N2O5. The summed E-state index contributed by atoms with van der Waals surface area (Å²) in [7, 11) is 0. The van der Waals surface area contributed by atoms with Crippen LogP contribution in [0.25, 0.3) is 0 Å². The highest BCUT2D eigenvalue weighted by molar-refractivity contribution is 5.95. The molecule has 3 atom stereocenters. The highest BCUT2D eigenvalue weighted by atomic mass is 16.7. The van der Waals surface area contributed by atoms with Gasteiger partial charge in [0.05, 0.1) is 0 Å². The van der Waals surface area contributed by atoms with Crippen molar-refractivity contribution >= 4 is 17.9 Å². The fourth-order valence-corrected chi connectivity index (χ4v) is 2.98. The van der Waals surface area contributed by atoms with Crippen LogP contribution in [0.1, 0.15) is 52.9 Å². The van der Waals surface area contributed by atoms with Gasteiger partial charge < -0.3 is 15.2 Å². The topological polar surface area (TPSA) is 98.9 Å². The van der Waals surface area contributed by atoms with Crippen molar-refractivity contribution in [3.8, 4) is 0 Å². The molecule has 2 heterocycles. The second-order valence-corrected chi connectivity index (χ2v) is 6.64. The van der Waals surface area contributed by atoms with Crippen LogP contribution in [-0.2, 0) is 14.3 Å². The first-order valence-corrected chi connectivity index (χ1v) is 7.75. The van der Waals surface area contributed by atoms with Gasteiger partial charge in [-0.3, -0.25) is 4.79 Å². The summed E-state index contributed by atoms with van der Waals surface area (Å²) in [5, 5.41) is 0. The van der Waals surface area contributed by atoms with E-state index in [-0.39, 0.29) is 12.2 Å². The quantitative estimate of drug-likeness (QED) is 0.784. The number of unbranched alkanes of at least 4 members (excludes halogenated alkanes) is 1. The first kappa shape index (κ1) is 16.7. The van der Waals surface area contributed by atoms with Gasteiger partial charge >= 0.3 is 12.1 Å². The van der Waals surface area contributed by atoms with Crippen molar-refractivity contribution in [1.82, 2.24) is 4.90 Å². The monoisotopic (exact) mass is 312 g/mol. The smallest absolute Gasteiger partial charge is 0.417 e. The van der Waals surface area contributed by atoms with Crippen molar-refractivity contribution in [3.63, 3.8) is 0 Å². The number of hydrogen-bond donors (Lipinski definition) is 1. The van der Waals surface area contributed by atoms with E-state index in [2.05, 4.69) is 13.8 Å². The van der Waals surface area contributed by atoms with E-state index in [4.69, 9.17) is 15.2 Å². The van der Waals surface area contributed by atoms with Gasteiger partial charge in [-0.05, 0) is 19.3 Å².